The molecule has 0 heterocycles. The first-order valence-corrected chi connectivity index (χ1v) is 9.11. The maximum Gasteiger partial charge on any atom is 0.303 e. The lowest BCUT2D eigenvalue weighted by atomic mass is 10.1. The van der Waals surface area contributed by atoms with Crippen LogP contribution in [0, 0.1) is 5.41 Å². The molecule has 116 valence electrons. The van der Waals surface area contributed by atoms with Crippen LogP contribution in [0.25, 0.3) is 0 Å². The van der Waals surface area contributed by atoms with Crippen molar-refractivity contribution in [1.29, 1.82) is 0 Å². The van der Waals surface area contributed by atoms with Crippen molar-refractivity contribution >= 4 is 31.7 Å². The molecule has 0 spiro atoms. The Bertz CT molecular complexity index is 649. The summed E-state index contributed by atoms with van der Waals surface area (Å²) in [6.07, 6.45) is 1.27. The van der Waals surface area contributed by atoms with Crippen LogP contribution in [0.5, 0.6) is 5.75 Å². The first kappa shape index (κ1) is 16.3. The molecule has 21 heavy (non-hydrogen) atoms. The van der Waals surface area contributed by atoms with E-state index in [2.05, 4.69) is 15.9 Å². The minimum atomic E-state index is -3.34. The summed E-state index contributed by atoms with van der Waals surface area (Å²) in [5, 5.41) is 8.85. The highest BCUT2D eigenvalue weighted by atomic mass is 79.9. The quantitative estimate of drug-likeness (QED) is 0.790. The highest BCUT2D eigenvalue weighted by Gasteiger charge is 2.47. The van der Waals surface area contributed by atoms with Gasteiger partial charge in [0.25, 0.3) is 0 Å². The number of aliphatic carboxylic acids is 1. The maximum atomic E-state index is 12.3. The third-order valence-electron chi connectivity index (χ3n) is 3.61. The van der Waals surface area contributed by atoms with Crippen LogP contribution in [0.4, 0.5) is 0 Å². The van der Waals surface area contributed by atoms with Crippen molar-refractivity contribution < 1.29 is 23.1 Å². The Balaban J connectivity index is 2.08. The van der Waals surface area contributed by atoms with E-state index in [4.69, 9.17) is 9.84 Å². The zero-order chi connectivity index (χ0) is 15.7. The Morgan fingerprint density at radius 3 is 2.57 bits per heavy atom. The summed E-state index contributed by atoms with van der Waals surface area (Å²) >= 11 is 3.32. The van der Waals surface area contributed by atoms with Gasteiger partial charge < -0.3 is 9.84 Å². The molecule has 1 aliphatic carbocycles. The summed E-state index contributed by atoms with van der Waals surface area (Å²) in [5.74, 6) is -0.442. The van der Waals surface area contributed by atoms with E-state index in [9.17, 15) is 13.2 Å². The predicted molar refractivity (Wildman–Crippen MR) is 82.1 cm³/mol. The van der Waals surface area contributed by atoms with Crippen molar-refractivity contribution in [2.45, 2.75) is 25.0 Å². The van der Waals surface area contributed by atoms with Gasteiger partial charge in [0.2, 0.25) is 0 Å². The van der Waals surface area contributed by atoms with Crippen LogP contribution in [0.2, 0.25) is 0 Å². The third-order valence-corrected chi connectivity index (χ3v) is 6.06. The lowest BCUT2D eigenvalue weighted by Gasteiger charge is -2.13. The lowest BCUT2D eigenvalue weighted by Crippen LogP contribution is -2.21. The maximum absolute atomic E-state index is 12.3. The number of rotatable bonds is 7. The van der Waals surface area contributed by atoms with E-state index in [0.29, 0.717) is 28.6 Å². The minimum Gasteiger partial charge on any atom is -0.496 e. The lowest BCUT2D eigenvalue weighted by molar-refractivity contribution is -0.138. The molecule has 0 saturated heterocycles. The van der Waals surface area contributed by atoms with Gasteiger partial charge in [-0.1, -0.05) is 6.07 Å². The molecule has 7 heteroatoms. The Kier molecular flexibility index (Phi) is 4.63. The second kappa shape index (κ2) is 5.96. The topological polar surface area (TPSA) is 80.7 Å². The van der Waals surface area contributed by atoms with Crippen LogP contribution in [0.15, 0.2) is 22.7 Å². The molecule has 0 aromatic heterocycles. The average molecular weight is 377 g/mol. The number of carboxylic acids is 1. The Morgan fingerprint density at radius 1 is 1.43 bits per heavy atom. The van der Waals surface area contributed by atoms with E-state index < -0.39 is 21.2 Å². The van der Waals surface area contributed by atoms with Gasteiger partial charge in [0.15, 0.2) is 9.84 Å². The third kappa shape index (κ3) is 4.44. The fourth-order valence-electron chi connectivity index (χ4n) is 2.44. The van der Waals surface area contributed by atoms with Gasteiger partial charge in [-0.25, -0.2) is 8.42 Å². The summed E-state index contributed by atoms with van der Waals surface area (Å²) in [6.45, 7) is 0. The van der Waals surface area contributed by atoms with E-state index in [1.807, 2.05) is 0 Å². The molecule has 1 aliphatic rings. The molecule has 0 radical (unpaired) electrons. The summed E-state index contributed by atoms with van der Waals surface area (Å²) in [5.41, 5.74) is 0.114. The molecule has 1 N–H and O–H groups in total. The molecule has 2 rings (SSSR count). The van der Waals surface area contributed by atoms with Crippen LogP contribution < -0.4 is 4.74 Å². The molecule has 0 atom stereocenters. The zero-order valence-electron chi connectivity index (χ0n) is 11.6. The van der Waals surface area contributed by atoms with Crippen molar-refractivity contribution in [1.82, 2.24) is 0 Å². The van der Waals surface area contributed by atoms with Crippen LogP contribution >= 0.6 is 15.9 Å². The first-order chi connectivity index (χ1) is 9.75. The average Bonchev–Trinajstić information content (AvgIpc) is 3.05. The normalized spacial score (nSPS) is 16.5. The summed E-state index contributed by atoms with van der Waals surface area (Å²) in [7, 11) is -1.80. The molecule has 5 nitrogen and oxygen atoms in total. The molecular weight excluding hydrogens is 360 g/mol. The molecule has 1 aromatic rings. The number of carboxylic acid groups (broad SMARTS) is 1. The van der Waals surface area contributed by atoms with Crippen molar-refractivity contribution in [3.8, 4) is 5.75 Å². The van der Waals surface area contributed by atoms with E-state index in [1.54, 1.807) is 25.3 Å². The van der Waals surface area contributed by atoms with Crippen molar-refractivity contribution in [2.75, 3.05) is 12.9 Å². The highest BCUT2D eigenvalue weighted by molar-refractivity contribution is 9.10. The van der Waals surface area contributed by atoms with Crippen LogP contribution in [0.1, 0.15) is 24.8 Å². The van der Waals surface area contributed by atoms with Gasteiger partial charge in [0.1, 0.15) is 5.75 Å². The molecule has 0 amide bonds. The van der Waals surface area contributed by atoms with Crippen LogP contribution in [0.3, 0.4) is 0 Å². The molecular formula is C14H17BrO5S. The molecule has 0 bridgehead atoms. The van der Waals surface area contributed by atoms with E-state index >= 15 is 0 Å². The van der Waals surface area contributed by atoms with E-state index in [0.717, 1.165) is 0 Å². The number of ether oxygens (including phenoxy) is 1. The predicted octanol–water partition coefficient (Wildman–Crippen LogP) is 2.63. The van der Waals surface area contributed by atoms with Crippen LogP contribution in [-0.2, 0) is 20.4 Å². The van der Waals surface area contributed by atoms with E-state index in [1.165, 1.54) is 0 Å². The largest absolute Gasteiger partial charge is 0.496 e. The van der Waals surface area contributed by atoms with Crippen molar-refractivity contribution in [3.63, 3.8) is 0 Å². The van der Waals surface area contributed by atoms with Gasteiger partial charge in [0, 0.05) is 0 Å². The number of halogens is 1. The summed E-state index contributed by atoms with van der Waals surface area (Å²) in [4.78, 5) is 10.8. The van der Waals surface area contributed by atoms with Gasteiger partial charge in [-0.15, -0.1) is 0 Å². The number of benzene rings is 1. The molecule has 0 aliphatic heterocycles. The van der Waals surface area contributed by atoms with E-state index in [-0.39, 0.29) is 17.9 Å². The Morgan fingerprint density at radius 2 is 2.10 bits per heavy atom. The summed E-state index contributed by atoms with van der Waals surface area (Å²) < 4.78 is 30.3. The number of carbonyl (C=O) groups is 1. The molecule has 1 fully saturated rings. The Labute approximate surface area is 132 Å². The monoisotopic (exact) mass is 376 g/mol. The van der Waals surface area contributed by atoms with Gasteiger partial charge in [0.05, 0.1) is 29.5 Å². The number of sulfone groups is 1. The minimum absolute atomic E-state index is 0.0596. The number of hydrogen-bond acceptors (Lipinski definition) is 4. The van der Waals surface area contributed by atoms with Crippen molar-refractivity contribution in [3.05, 3.63) is 28.2 Å². The zero-order valence-corrected chi connectivity index (χ0v) is 14.0. The van der Waals surface area contributed by atoms with Gasteiger partial charge >= 0.3 is 5.97 Å². The van der Waals surface area contributed by atoms with Gasteiger partial charge in [-0.2, -0.15) is 0 Å². The second-order valence-electron chi connectivity index (χ2n) is 5.57. The second-order valence-corrected chi connectivity index (χ2v) is 8.49. The molecule has 0 unspecified atom stereocenters. The SMILES string of the molecule is COc1ccc(CS(=O)(=O)CC2(CC(=O)O)CC2)cc1Br. The summed E-state index contributed by atoms with van der Waals surface area (Å²) in [6, 6.07) is 5.13. The first-order valence-electron chi connectivity index (χ1n) is 6.50. The van der Waals surface area contributed by atoms with Gasteiger partial charge in [-0.3, -0.25) is 4.79 Å². The smallest absolute Gasteiger partial charge is 0.303 e. The fraction of sp³-hybridized carbons (Fsp3) is 0.500. The molecule has 1 saturated carbocycles. The van der Waals surface area contributed by atoms with Crippen LogP contribution in [-0.4, -0.2) is 32.4 Å². The highest BCUT2D eigenvalue weighted by Crippen LogP contribution is 2.50. The Hall–Kier alpha value is -1.08. The van der Waals surface area contributed by atoms with Crippen molar-refractivity contribution in [2.24, 2.45) is 5.41 Å². The number of methoxy groups -OCH3 is 1. The standard InChI is InChI=1S/C14H17BrO5S/c1-20-12-3-2-10(6-11(12)15)8-21(18,19)9-14(4-5-14)7-13(16)17/h2-3,6H,4-5,7-9H2,1H3,(H,16,17). The molecule has 1 aromatic carbocycles. The fourth-order valence-corrected chi connectivity index (χ4v) is 5.14. The number of hydrogen-bond donors (Lipinski definition) is 1. The van der Waals surface area contributed by atoms with Gasteiger partial charge in [-0.05, 0) is 51.9 Å².